The number of phenols is 1. The van der Waals surface area contributed by atoms with E-state index in [9.17, 15) is 9.50 Å². The van der Waals surface area contributed by atoms with E-state index in [1.807, 2.05) is 0 Å². The Hall–Kier alpha value is -4.07. The predicted molar refractivity (Wildman–Crippen MR) is 153 cm³/mol. The molecule has 4 aromatic rings. The summed E-state index contributed by atoms with van der Waals surface area (Å²) in [4.78, 5) is 18.4. The van der Waals surface area contributed by atoms with Crippen molar-refractivity contribution in [3.63, 3.8) is 0 Å². The van der Waals surface area contributed by atoms with Crippen LogP contribution >= 0.6 is 0 Å². The van der Waals surface area contributed by atoms with Gasteiger partial charge in [0, 0.05) is 43.3 Å². The fourth-order valence-corrected chi connectivity index (χ4v) is 6.80. The molecule has 2 N–H and O–H groups in total. The second kappa shape index (κ2) is 10.1. The van der Waals surface area contributed by atoms with Crippen LogP contribution in [0.3, 0.4) is 0 Å². The monoisotopic (exact) mass is 556 g/mol. The van der Waals surface area contributed by atoms with Crippen LogP contribution in [0.1, 0.15) is 31.2 Å². The van der Waals surface area contributed by atoms with Crippen molar-refractivity contribution in [2.75, 3.05) is 50.8 Å². The molecule has 41 heavy (non-hydrogen) atoms. The highest BCUT2D eigenvalue weighted by molar-refractivity contribution is 6.03. The Morgan fingerprint density at radius 2 is 1.85 bits per heavy atom. The average Bonchev–Trinajstić information content (AvgIpc) is 3.57. The van der Waals surface area contributed by atoms with Crippen LogP contribution in [0.4, 0.5) is 14.6 Å². The van der Waals surface area contributed by atoms with E-state index in [2.05, 4.69) is 31.0 Å². The van der Waals surface area contributed by atoms with Gasteiger partial charge in [-0.25, -0.2) is 8.78 Å². The summed E-state index contributed by atoms with van der Waals surface area (Å²) in [5.74, 6) is 1.50. The molecule has 8 nitrogen and oxygen atoms in total. The summed E-state index contributed by atoms with van der Waals surface area (Å²) in [6.45, 7) is 5.49. The highest BCUT2D eigenvalue weighted by Gasteiger charge is 2.45. The minimum absolute atomic E-state index is 0.0222. The van der Waals surface area contributed by atoms with Crippen molar-refractivity contribution in [2.45, 2.75) is 31.2 Å². The third-order valence-corrected chi connectivity index (χ3v) is 8.79. The van der Waals surface area contributed by atoms with E-state index >= 15 is 4.39 Å². The SMILES string of the molecule is C#Cc1c(F)ccc2cc(O)cc(-c3ncc4c(N5CCNCC5)nc(OCC56CCCN5CCC6)nc4c3F)c12. The molecule has 0 bridgehead atoms. The zero-order valence-electron chi connectivity index (χ0n) is 22.6. The number of nitrogens with one attached hydrogen (secondary N) is 1. The normalized spacial score (nSPS) is 18.6. The molecule has 0 spiro atoms. The number of phenolic OH excluding ortho intramolecular Hbond substituents is 1. The molecule has 3 fully saturated rings. The van der Waals surface area contributed by atoms with Crippen molar-refractivity contribution in [1.29, 1.82) is 0 Å². The number of fused-ring (bicyclic) bond motifs is 3. The maximum Gasteiger partial charge on any atom is 0.319 e. The summed E-state index contributed by atoms with van der Waals surface area (Å²) in [7, 11) is 0. The number of terminal acetylenes is 1. The van der Waals surface area contributed by atoms with E-state index in [1.54, 1.807) is 0 Å². The van der Waals surface area contributed by atoms with Crippen molar-refractivity contribution in [1.82, 2.24) is 25.2 Å². The minimum atomic E-state index is -0.716. The molecular weight excluding hydrogens is 526 g/mol. The van der Waals surface area contributed by atoms with Gasteiger partial charge in [0.25, 0.3) is 0 Å². The summed E-state index contributed by atoms with van der Waals surface area (Å²) in [6, 6.07) is 5.66. The number of piperazine rings is 1. The summed E-state index contributed by atoms with van der Waals surface area (Å²) in [5, 5.41) is 15.0. The van der Waals surface area contributed by atoms with Gasteiger partial charge in [0.05, 0.1) is 16.5 Å². The molecule has 0 aliphatic carbocycles. The molecule has 3 saturated heterocycles. The molecule has 210 valence electrons. The molecule has 0 atom stereocenters. The molecule has 0 amide bonds. The van der Waals surface area contributed by atoms with Crippen molar-refractivity contribution in [3.8, 4) is 35.4 Å². The Bertz CT molecular complexity index is 1710. The standard InChI is InChI=1S/C31H30F2N6O2/c1-2-21-24(32)6-5-19-15-20(40)16-22(25(19)21)27-26(33)28-23(17-35-27)29(38-13-9-34-10-14-38)37-30(36-28)41-18-31-7-3-11-39(31)12-4-8-31/h1,5-6,15-17,34,40H,3-4,7-14,18H2. The lowest BCUT2D eigenvalue weighted by molar-refractivity contribution is 0.108. The summed E-state index contributed by atoms with van der Waals surface area (Å²) in [5.41, 5.74) is 0.0988. The minimum Gasteiger partial charge on any atom is -0.508 e. The Morgan fingerprint density at radius 3 is 2.61 bits per heavy atom. The van der Waals surface area contributed by atoms with Gasteiger partial charge in [-0.1, -0.05) is 12.0 Å². The van der Waals surface area contributed by atoms with Gasteiger partial charge in [-0.05, 0) is 62.4 Å². The quantitative estimate of drug-likeness (QED) is 0.354. The van der Waals surface area contributed by atoms with E-state index in [0.29, 0.717) is 41.7 Å². The van der Waals surface area contributed by atoms with Crippen molar-refractivity contribution in [3.05, 3.63) is 47.7 Å². The predicted octanol–water partition coefficient (Wildman–Crippen LogP) is 4.23. The van der Waals surface area contributed by atoms with Gasteiger partial charge >= 0.3 is 6.01 Å². The molecule has 7 rings (SSSR count). The first-order chi connectivity index (χ1) is 20.0. The maximum atomic E-state index is 16.6. The third-order valence-electron chi connectivity index (χ3n) is 8.79. The molecule has 2 aromatic carbocycles. The van der Waals surface area contributed by atoms with E-state index in [-0.39, 0.29) is 39.6 Å². The molecule has 0 unspecified atom stereocenters. The Morgan fingerprint density at radius 1 is 1.07 bits per heavy atom. The Kier molecular flexibility index (Phi) is 6.36. The maximum absolute atomic E-state index is 16.6. The van der Waals surface area contributed by atoms with E-state index in [1.165, 1.54) is 30.5 Å². The second-order valence-corrected chi connectivity index (χ2v) is 11.1. The zero-order valence-corrected chi connectivity index (χ0v) is 22.6. The topological polar surface area (TPSA) is 86.6 Å². The fourth-order valence-electron chi connectivity index (χ4n) is 6.80. The number of aromatic hydroxyl groups is 1. The Labute approximate surface area is 236 Å². The van der Waals surface area contributed by atoms with Gasteiger partial charge in [0.1, 0.15) is 35.2 Å². The average molecular weight is 557 g/mol. The lowest BCUT2D eigenvalue weighted by Gasteiger charge is -2.32. The molecule has 3 aliphatic rings. The summed E-state index contributed by atoms with van der Waals surface area (Å²) < 4.78 is 37.5. The number of nitrogens with zero attached hydrogens (tertiary/aromatic N) is 5. The number of pyridine rings is 1. The van der Waals surface area contributed by atoms with Crippen LogP contribution in [-0.2, 0) is 0 Å². The lowest BCUT2D eigenvalue weighted by Crippen LogP contribution is -2.44. The van der Waals surface area contributed by atoms with E-state index in [4.69, 9.17) is 16.1 Å². The number of aromatic nitrogens is 3. The first kappa shape index (κ1) is 25.9. The molecule has 3 aliphatic heterocycles. The number of rotatable bonds is 5. The second-order valence-electron chi connectivity index (χ2n) is 11.1. The number of hydrogen-bond donors (Lipinski definition) is 2. The summed E-state index contributed by atoms with van der Waals surface area (Å²) >= 11 is 0. The number of anilines is 1. The smallest absolute Gasteiger partial charge is 0.319 e. The van der Waals surface area contributed by atoms with E-state index < -0.39 is 11.6 Å². The van der Waals surface area contributed by atoms with Gasteiger partial charge in [0.2, 0.25) is 0 Å². The first-order valence-electron chi connectivity index (χ1n) is 14.1. The molecular formula is C31H30F2N6O2. The lowest BCUT2D eigenvalue weighted by atomic mass is 9.95. The van der Waals surface area contributed by atoms with Crippen LogP contribution in [0.2, 0.25) is 0 Å². The highest BCUT2D eigenvalue weighted by atomic mass is 19.1. The largest absolute Gasteiger partial charge is 0.508 e. The Balaban J connectivity index is 1.39. The summed E-state index contributed by atoms with van der Waals surface area (Å²) in [6.07, 6.45) is 11.6. The third kappa shape index (κ3) is 4.31. The van der Waals surface area contributed by atoms with Gasteiger partial charge in [-0.3, -0.25) is 9.88 Å². The number of ether oxygens (including phenoxy) is 1. The molecule has 5 heterocycles. The van der Waals surface area contributed by atoms with Crippen molar-refractivity contribution in [2.24, 2.45) is 0 Å². The van der Waals surface area contributed by atoms with Gasteiger partial charge < -0.3 is 20.1 Å². The van der Waals surface area contributed by atoms with Crippen LogP contribution in [0, 0.1) is 24.0 Å². The highest BCUT2D eigenvalue weighted by Crippen LogP contribution is 2.41. The van der Waals surface area contributed by atoms with Crippen LogP contribution in [0.15, 0.2) is 30.5 Å². The van der Waals surface area contributed by atoms with E-state index in [0.717, 1.165) is 51.9 Å². The number of benzene rings is 2. The van der Waals surface area contributed by atoms with Gasteiger partial charge in [-0.15, -0.1) is 6.42 Å². The fraction of sp³-hybridized carbons (Fsp3) is 0.387. The van der Waals surface area contributed by atoms with Gasteiger partial charge in [-0.2, -0.15) is 9.97 Å². The van der Waals surface area contributed by atoms with Crippen LogP contribution in [-0.4, -0.2) is 76.4 Å². The van der Waals surface area contributed by atoms with Crippen molar-refractivity contribution >= 4 is 27.5 Å². The van der Waals surface area contributed by atoms with Gasteiger partial charge in [0.15, 0.2) is 5.82 Å². The number of halogens is 2. The zero-order chi connectivity index (χ0) is 28.1. The van der Waals surface area contributed by atoms with Crippen LogP contribution < -0.4 is 15.0 Å². The first-order valence-corrected chi connectivity index (χ1v) is 14.1. The van der Waals surface area contributed by atoms with Crippen LogP contribution in [0.5, 0.6) is 11.8 Å². The van der Waals surface area contributed by atoms with Crippen LogP contribution in [0.25, 0.3) is 32.9 Å². The molecule has 0 radical (unpaired) electrons. The van der Waals surface area contributed by atoms with Crippen molar-refractivity contribution < 1.29 is 18.6 Å². The number of hydrogen-bond acceptors (Lipinski definition) is 8. The molecule has 2 aromatic heterocycles. The molecule has 0 saturated carbocycles. The molecule has 10 heteroatoms.